The SMILES string of the molecule is [2H]c1c([2H])c(-c2ccccc2)c([2H])c(-c2c3ccccc3c(-c3c([2H])c([2H])c4oc5c([2H])c([2H])c([2H])c([2H])c5c4c3-c3ccccc3)c3ccccc23)c1[2H]. The van der Waals surface area contributed by atoms with Crippen molar-refractivity contribution in [1.82, 2.24) is 0 Å². The zero-order chi connectivity index (χ0) is 38.4. The summed E-state index contributed by atoms with van der Waals surface area (Å²) in [5.74, 6) is 0. The van der Waals surface area contributed by atoms with E-state index in [-0.39, 0.29) is 76.0 Å². The Morgan fingerprint density at radius 2 is 0.956 bits per heavy atom. The summed E-state index contributed by atoms with van der Waals surface area (Å²) in [7, 11) is 0. The molecule has 8 aromatic carbocycles. The molecule has 1 nitrogen and oxygen atoms in total. The van der Waals surface area contributed by atoms with Crippen LogP contribution in [0.25, 0.3) is 88.0 Å². The third-order valence-corrected chi connectivity index (χ3v) is 8.32. The molecule has 0 aliphatic heterocycles. The Hall–Kier alpha value is -5.92. The highest BCUT2D eigenvalue weighted by Crippen LogP contribution is 2.49. The molecule has 1 heterocycles. The lowest BCUT2D eigenvalue weighted by atomic mass is 9.82. The van der Waals surface area contributed by atoms with Crippen molar-refractivity contribution in [2.75, 3.05) is 0 Å². The summed E-state index contributed by atoms with van der Waals surface area (Å²) < 4.78 is 96.2. The van der Waals surface area contributed by atoms with Gasteiger partial charge in [0.25, 0.3) is 0 Å². The Morgan fingerprint density at radius 1 is 0.378 bits per heavy atom. The van der Waals surface area contributed by atoms with E-state index in [1.165, 1.54) is 0 Å². The second kappa shape index (κ2) is 10.4. The first kappa shape index (κ1) is 17.4. The number of para-hydroxylation sites is 1. The van der Waals surface area contributed by atoms with Crippen LogP contribution in [0.1, 0.15) is 13.7 Å². The second-order valence-electron chi connectivity index (χ2n) is 10.8. The minimum Gasteiger partial charge on any atom is -0.456 e. The van der Waals surface area contributed by atoms with Crippen molar-refractivity contribution >= 4 is 43.5 Å². The van der Waals surface area contributed by atoms with Crippen LogP contribution in [-0.4, -0.2) is 0 Å². The summed E-state index contributed by atoms with van der Waals surface area (Å²) >= 11 is 0. The van der Waals surface area contributed by atoms with Crippen LogP contribution in [0.3, 0.4) is 0 Å². The quantitative estimate of drug-likeness (QED) is 0.188. The van der Waals surface area contributed by atoms with Gasteiger partial charge in [-0.15, -0.1) is 0 Å². The van der Waals surface area contributed by atoms with Crippen molar-refractivity contribution in [2.45, 2.75) is 0 Å². The highest BCUT2D eigenvalue weighted by atomic mass is 16.3. The Labute approximate surface area is 275 Å². The standard InChI is InChI=1S/C44H28O/c1-3-14-29(15-4-1)31-18-13-19-32(28-31)41-33-20-7-9-22-35(33)43(36-23-10-8-21-34(36)41)38-26-27-40-44(37-24-11-12-25-39(37)45-40)42(38)30-16-5-2-6-17-30/h1-28H/i11D,12D,13D,18D,19D,24D,25D,26D,27D,28D. The molecule has 0 aliphatic carbocycles. The van der Waals surface area contributed by atoms with Crippen LogP contribution in [0.4, 0.5) is 0 Å². The molecule has 45 heavy (non-hydrogen) atoms. The van der Waals surface area contributed by atoms with E-state index in [4.69, 9.17) is 12.6 Å². The molecule has 210 valence electrons. The van der Waals surface area contributed by atoms with E-state index in [0.717, 1.165) is 0 Å². The lowest BCUT2D eigenvalue weighted by Crippen LogP contribution is -1.93. The normalized spacial score (nSPS) is 14.7. The summed E-state index contributed by atoms with van der Waals surface area (Å²) in [5.41, 5.74) is 3.46. The van der Waals surface area contributed by atoms with Gasteiger partial charge < -0.3 is 4.42 Å². The Morgan fingerprint density at radius 3 is 1.64 bits per heavy atom. The smallest absolute Gasteiger partial charge is 0.136 e. The van der Waals surface area contributed by atoms with Gasteiger partial charge in [0, 0.05) is 16.3 Å². The average Bonchev–Trinajstić information content (AvgIpc) is 3.61. The summed E-state index contributed by atoms with van der Waals surface area (Å²) in [6.45, 7) is 0. The number of benzene rings is 8. The van der Waals surface area contributed by atoms with Gasteiger partial charge in [0.1, 0.15) is 11.2 Å². The lowest BCUT2D eigenvalue weighted by molar-refractivity contribution is 0.669. The first-order valence-corrected chi connectivity index (χ1v) is 14.6. The number of fused-ring (bicyclic) bond motifs is 5. The average molecular weight is 583 g/mol. The fourth-order valence-electron chi connectivity index (χ4n) is 6.42. The Balaban J connectivity index is 1.51. The zero-order valence-corrected chi connectivity index (χ0v) is 23.8. The molecule has 0 amide bonds. The van der Waals surface area contributed by atoms with Crippen molar-refractivity contribution < 1.29 is 18.1 Å². The molecule has 0 fully saturated rings. The van der Waals surface area contributed by atoms with Gasteiger partial charge in [0.05, 0.1) is 13.7 Å². The van der Waals surface area contributed by atoms with E-state index in [1.807, 2.05) is 84.9 Å². The van der Waals surface area contributed by atoms with Crippen LogP contribution in [0, 0.1) is 0 Å². The molecule has 9 aromatic rings. The van der Waals surface area contributed by atoms with Crippen molar-refractivity contribution in [3.8, 4) is 44.5 Å². The van der Waals surface area contributed by atoms with Crippen LogP contribution in [0.15, 0.2) is 174 Å². The highest BCUT2D eigenvalue weighted by Gasteiger charge is 2.22. The predicted molar refractivity (Wildman–Crippen MR) is 190 cm³/mol. The molecule has 0 spiro atoms. The van der Waals surface area contributed by atoms with Gasteiger partial charge in [-0.05, 0) is 84.7 Å². The van der Waals surface area contributed by atoms with Crippen LogP contribution < -0.4 is 0 Å². The molecule has 0 saturated carbocycles. The van der Waals surface area contributed by atoms with Crippen LogP contribution in [0.5, 0.6) is 0 Å². The number of furan rings is 1. The molecule has 0 unspecified atom stereocenters. The summed E-state index contributed by atoms with van der Waals surface area (Å²) in [4.78, 5) is 0. The van der Waals surface area contributed by atoms with Gasteiger partial charge in [0.15, 0.2) is 0 Å². The molecule has 0 aliphatic rings. The molecule has 9 rings (SSSR count). The first-order valence-electron chi connectivity index (χ1n) is 19.6. The molecule has 0 radical (unpaired) electrons. The van der Waals surface area contributed by atoms with Crippen molar-refractivity contribution in [3.05, 3.63) is 170 Å². The van der Waals surface area contributed by atoms with Gasteiger partial charge in [0.2, 0.25) is 0 Å². The molecule has 0 N–H and O–H groups in total. The fraction of sp³-hybridized carbons (Fsp3) is 0. The maximum Gasteiger partial charge on any atom is 0.136 e. The van der Waals surface area contributed by atoms with E-state index < -0.39 is 12.1 Å². The van der Waals surface area contributed by atoms with Crippen molar-refractivity contribution in [3.63, 3.8) is 0 Å². The number of hydrogen-bond donors (Lipinski definition) is 0. The maximum atomic E-state index is 9.66. The monoisotopic (exact) mass is 582 g/mol. The maximum absolute atomic E-state index is 9.66. The summed E-state index contributed by atoms with van der Waals surface area (Å²) in [5, 5.41) is 2.93. The van der Waals surface area contributed by atoms with E-state index >= 15 is 0 Å². The molecule has 0 atom stereocenters. The van der Waals surface area contributed by atoms with E-state index in [9.17, 15) is 5.48 Å². The predicted octanol–water partition coefficient (Wildman–Crippen LogP) is 12.6. The Kier molecular flexibility index (Phi) is 4.01. The van der Waals surface area contributed by atoms with Crippen LogP contribution >= 0.6 is 0 Å². The third-order valence-electron chi connectivity index (χ3n) is 8.32. The van der Waals surface area contributed by atoms with E-state index in [0.29, 0.717) is 60.3 Å². The lowest BCUT2D eigenvalue weighted by Gasteiger charge is -2.20. The Bertz CT molecular complexity index is 3030. The van der Waals surface area contributed by atoms with Crippen LogP contribution in [-0.2, 0) is 0 Å². The molecule has 0 saturated heterocycles. The van der Waals surface area contributed by atoms with Crippen molar-refractivity contribution in [2.24, 2.45) is 0 Å². The molecular formula is C44H28O. The summed E-state index contributed by atoms with van der Waals surface area (Å²) in [6.07, 6.45) is 0. The highest BCUT2D eigenvalue weighted by molar-refractivity contribution is 6.25. The molecular weight excluding hydrogens is 544 g/mol. The number of hydrogen-bond acceptors (Lipinski definition) is 1. The van der Waals surface area contributed by atoms with E-state index in [2.05, 4.69) is 0 Å². The minimum absolute atomic E-state index is 0.0237. The molecule has 0 bridgehead atoms. The minimum atomic E-state index is -0.463. The number of rotatable bonds is 4. The van der Waals surface area contributed by atoms with Gasteiger partial charge in [-0.25, -0.2) is 0 Å². The molecule has 1 heteroatoms. The third kappa shape index (κ3) is 4.09. The van der Waals surface area contributed by atoms with Gasteiger partial charge in [-0.1, -0.05) is 145 Å². The van der Waals surface area contributed by atoms with E-state index in [1.54, 1.807) is 24.3 Å². The summed E-state index contributed by atoms with van der Waals surface area (Å²) in [6, 6.07) is 30.3. The second-order valence-corrected chi connectivity index (χ2v) is 10.8. The molecule has 1 aromatic heterocycles. The largest absolute Gasteiger partial charge is 0.456 e. The zero-order valence-electron chi connectivity index (χ0n) is 33.8. The van der Waals surface area contributed by atoms with Gasteiger partial charge >= 0.3 is 0 Å². The van der Waals surface area contributed by atoms with Crippen LogP contribution in [0.2, 0.25) is 0 Å². The van der Waals surface area contributed by atoms with Crippen molar-refractivity contribution in [1.29, 1.82) is 0 Å². The first-order chi connectivity index (χ1) is 26.5. The fourth-order valence-corrected chi connectivity index (χ4v) is 6.42. The topological polar surface area (TPSA) is 13.1 Å². The van der Waals surface area contributed by atoms with Gasteiger partial charge in [-0.3, -0.25) is 0 Å². The van der Waals surface area contributed by atoms with Gasteiger partial charge in [-0.2, -0.15) is 0 Å².